The fraction of sp³-hybridized carbons (Fsp3) is 0.667. The van der Waals surface area contributed by atoms with Crippen molar-refractivity contribution in [1.82, 2.24) is 0 Å². The van der Waals surface area contributed by atoms with Crippen LogP contribution in [0.3, 0.4) is 0 Å². The largest absolute Gasteiger partial charge is 1.00 e. The summed E-state index contributed by atoms with van der Waals surface area (Å²) in [6.45, 7) is 4.00. The minimum absolute atomic E-state index is 0. The van der Waals surface area contributed by atoms with Crippen LogP contribution in [0.25, 0.3) is 0 Å². The van der Waals surface area contributed by atoms with E-state index < -0.39 is 0 Å². The summed E-state index contributed by atoms with van der Waals surface area (Å²) in [4.78, 5) is 0. The van der Waals surface area contributed by atoms with E-state index in [-0.39, 0.29) is 36.5 Å². The van der Waals surface area contributed by atoms with Crippen molar-refractivity contribution in [2.45, 2.75) is 13.8 Å². The van der Waals surface area contributed by atoms with Crippen molar-refractivity contribution >= 4 is 0 Å². The molecule has 0 saturated carbocycles. The van der Waals surface area contributed by atoms with Crippen molar-refractivity contribution in [3.63, 3.8) is 0 Å². The van der Waals surface area contributed by atoms with Crippen molar-refractivity contribution in [2.24, 2.45) is 0 Å². The summed E-state index contributed by atoms with van der Waals surface area (Å²) in [7, 11) is 0. The van der Waals surface area contributed by atoms with Crippen LogP contribution < -0.4 is 17.0 Å². The van der Waals surface area contributed by atoms with Crippen LogP contribution in [0.15, 0.2) is 0 Å². The standard InChI is InChI=1S/C3H7.BrH.Zn/c1-3-2;;/h3H,1-2H3;1H;/p-1. The van der Waals surface area contributed by atoms with Gasteiger partial charge in [0.15, 0.2) is 0 Å². The van der Waals surface area contributed by atoms with Gasteiger partial charge in [0, 0.05) is 19.5 Å². The van der Waals surface area contributed by atoms with Gasteiger partial charge in [-0.25, -0.2) is 0 Å². The molecular weight excluding hydrogens is 181 g/mol. The van der Waals surface area contributed by atoms with E-state index in [4.69, 9.17) is 0 Å². The Morgan fingerprint density at radius 1 is 1.20 bits per heavy atom. The van der Waals surface area contributed by atoms with E-state index in [0.717, 1.165) is 0 Å². The second kappa shape index (κ2) is 19.4. The Labute approximate surface area is 56.9 Å². The van der Waals surface area contributed by atoms with E-state index in [2.05, 4.69) is 0 Å². The Bertz CT molecular complexity index is 6.85. The zero-order valence-corrected chi connectivity index (χ0v) is 8.22. The molecule has 5 heavy (non-hydrogen) atoms. The zero-order chi connectivity index (χ0) is 2.71. The van der Waals surface area contributed by atoms with Gasteiger partial charge in [-0.1, -0.05) is 13.8 Å². The van der Waals surface area contributed by atoms with Crippen LogP contribution in [0.4, 0.5) is 0 Å². The van der Waals surface area contributed by atoms with Gasteiger partial charge in [0.1, 0.15) is 0 Å². The van der Waals surface area contributed by atoms with Crippen LogP contribution in [-0.2, 0) is 19.5 Å². The van der Waals surface area contributed by atoms with Gasteiger partial charge in [0.2, 0.25) is 0 Å². The molecule has 0 aromatic heterocycles. The van der Waals surface area contributed by atoms with E-state index in [9.17, 15) is 0 Å². The molecule has 0 unspecified atom stereocenters. The Morgan fingerprint density at radius 3 is 1.20 bits per heavy atom. The molecule has 0 aliphatic carbocycles. The van der Waals surface area contributed by atoms with E-state index >= 15 is 0 Å². The van der Waals surface area contributed by atoms with Crippen molar-refractivity contribution in [1.29, 1.82) is 0 Å². The minimum Gasteiger partial charge on any atom is -1.00 e. The molecule has 0 aliphatic rings. The summed E-state index contributed by atoms with van der Waals surface area (Å²) in [5.74, 6) is 0. The summed E-state index contributed by atoms with van der Waals surface area (Å²) in [6.07, 6.45) is 2.00. The predicted octanol–water partition coefficient (Wildman–Crippen LogP) is -1.77. The molecule has 2 heteroatoms. The van der Waals surface area contributed by atoms with Gasteiger partial charge in [0.05, 0.1) is 0 Å². The Morgan fingerprint density at radius 2 is 1.20 bits per heavy atom. The first-order chi connectivity index (χ1) is 1.41. The molecule has 0 saturated heterocycles. The first kappa shape index (κ1) is 16.5. The topological polar surface area (TPSA) is 0 Å². The Kier molecular flexibility index (Phi) is 64.1. The van der Waals surface area contributed by atoms with Crippen LogP contribution >= 0.6 is 0 Å². The maximum atomic E-state index is 2.00. The zero-order valence-electron chi connectivity index (χ0n) is 3.66. The van der Waals surface area contributed by atoms with E-state index in [1.54, 1.807) is 0 Å². The van der Waals surface area contributed by atoms with Crippen molar-refractivity contribution < 1.29 is 36.5 Å². The SMILES string of the molecule is C[CH]C.[Br-].[Zn]. The fourth-order valence-corrected chi connectivity index (χ4v) is 0. The molecule has 0 bridgehead atoms. The maximum absolute atomic E-state index is 2.00. The summed E-state index contributed by atoms with van der Waals surface area (Å²) in [5, 5.41) is 0. The van der Waals surface area contributed by atoms with E-state index in [0.29, 0.717) is 0 Å². The molecule has 0 nitrogen and oxygen atoms in total. The Balaban J connectivity index is -0.0000000200. The van der Waals surface area contributed by atoms with Crippen molar-refractivity contribution in [3.8, 4) is 0 Å². The van der Waals surface area contributed by atoms with Gasteiger partial charge >= 0.3 is 0 Å². The molecular formula is C3H7BrZn-. The predicted molar refractivity (Wildman–Crippen MR) is 15.6 cm³/mol. The maximum Gasteiger partial charge on any atom is 0 e. The van der Waals surface area contributed by atoms with Crippen LogP contribution in [0.1, 0.15) is 13.8 Å². The average Bonchev–Trinajstić information content (AvgIpc) is 0.918. The van der Waals surface area contributed by atoms with E-state index in [1.807, 2.05) is 20.3 Å². The molecule has 0 aromatic carbocycles. The number of hydrogen-bond donors (Lipinski definition) is 0. The average molecular weight is 188 g/mol. The third kappa shape index (κ3) is 40.4. The van der Waals surface area contributed by atoms with Crippen molar-refractivity contribution in [2.75, 3.05) is 0 Å². The molecule has 0 N–H and O–H groups in total. The third-order valence-electron chi connectivity index (χ3n) is 0. The van der Waals surface area contributed by atoms with Gasteiger partial charge in [-0.3, -0.25) is 0 Å². The molecule has 1 radical (unpaired) electrons. The summed E-state index contributed by atoms with van der Waals surface area (Å²) < 4.78 is 0. The summed E-state index contributed by atoms with van der Waals surface area (Å²) in [5.41, 5.74) is 0. The molecule has 0 aliphatic heterocycles. The molecule has 0 fully saturated rings. The van der Waals surface area contributed by atoms with Crippen LogP contribution in [0.2, 0.25) is 0 Å². The van der Waals surface area contributed by atoms with Crippen molar-refractivity contribution in [3.05, 3.63) is 6.42 Å². The van der Waals surface area contributed by atoms with Gasteiger partial charge in [-0.2, -0.15) is 0 Å². The number of rotatable bonds is 0. The fourth-order valence-electron chi connectivity index (χ4n) is 0. The quantitative estimate of drug-likeness (QED) is 0.395. The Hall–Kier alpha value is 1.10. The minimum atomic E-state index is 0. The normalized spacial score (nSPS) is 3.60. The second-order valence-corrected chi connectivity index (χ2v) is 0.577. The number of hydrogen-bond acceptors (Lipinski definition) is 0. The third-order valence-corrected chi connectivity index (χ3v) is 0. The molecule has 29 valence electrons. The molecule has 0 amide bonds. The molecule has 0 atom stereocenters. The summed E-state index contributed by atoms with van der Waals surface area (Å²) >= 11 is 0. The first-order valence-corrected chi connectivity index (χ1v) is 1.15. The van der Waals surface area contributed by atoms with Gasteiger partial charge in [-0.15, -0.1) is 0 Å². The molecule has 0 rings (SSSR count). The number of halogens is 1. The van der Waals surface area contributed by atoms with Gasteiger partial charge < -0.3 is 17.0 Å². The first-order valence-electron chi connectivity index (χ1n) is 1.15. The van der Waals surface area contributed by atoms with Crippen LogP contribution in [0, 0.1) is 6.42 Å². The van der Waals surface area contributed by atoms with Crippen LogP contribution in [-0.4, -0.2) is 0 Å². The van der Waals surface area contributed by atoms with Gasteiger partial charge in [0.25, 0.3) is 0 Å². The molecule has 0 aromatic rings. The van der Waals surface area contributed by atoms with Gasteiger partial charge in [-0.05, 0) is 6.42 Å². The molecule has 0 heterocycles. The van der Waals surface area contributed by atoms with Crippen LogP contribution in [0.5, 0.6) is 0 Å². The molecule has 0 spiro atoms. The smallest absolute Gasteiger partial charge is 0 e. The summed E-state index contributed by atoms with van der Waals surface area (Å²) in [6, 6.07) is 0. The second-order valence-electron chi connectivity index (χ2n) is 0.577. The van der Waals surface area contributed by atoms with E-state index in [1.165, 1.54) is 0 Å². The monoisotopic (exact) mass is 186 g/mol.